The van der Waals surface area contributed by atoms with Gasteiger partial charge in [-0.05, 0) is 61.7 Å². The molecule has 1 fully saturated rings. The van der Waals surface area contributed by atoms with Crippen molar-refractivity contribution < 1.29 is 23.0 Å². The molecule has 11 heteroatoms. The second-order valence-electron chi connectivity index (χ2n) is 9.35. The third-order valence-electron chi connectivity index (χ3n) is 5.71. The molecule has 8 nitrogen and oxygen atoms in total. The zero-order valence-corrected chi connectivity index (χ0v) is 21.6. The number of methoxy groups -OCH3 is 1. The predicted molar refractivity (Wildman–Crippen MR) is 131 cm³/mol. The third-order valence-corrected chi connectivity index (χ3v) is 6.31. The van der Waals surface area contributed by atoms with Gasteiger partial charge in [0.15, 0.2) is 17.4 Å². The van der Waals surface area contributed by atoms with Gasteiger partial charge in [0.1, 0.15) is 11.4 Å². The van der Waals surface area contributed by atoms with Crippen molar-refractivity contribution in [1.82, 2.24) is 14.5 Å². The van der Waals surface area contributed by atoms with Gasteiger partial charge in [-0.3, -0.25) is 14.3 Å². The standard InChI is InChI=1S/C25H23BrF2N4O4/c1-25(2,3)36-24(34)31-7-5-6-19(31)22-30-20-15(8-13(12-29)9-16(20)26)23(33)32(22)14-10-17(27)21(35-4)18(28)11-14/h8-11,19H,5-7H2,1-4H3/t19-/m1/s1. The van der Waals surface area contributed by atoms with E-state index in [-0.39, 0.29) is 28.0 Å². The molecule has 1 aliphatic heterocycles. The zero-order chi connectivity index (χ0) is 26.4. The van der Waals surface area contributed by atoms with Crippen LogP contribution in [0.3, 0.4) is 0 Å². The van der Waals surface area contributed by atoms with E-state index in [4.69, 9.17) is 9.47 Å². The molecule has 4 rings (SSSR count). The Labute approximate surface area is 214 Å². The van der Waals surface area contributed by atoms with Gasteiger partial charge >= 0.3 is 6.09 Å². The molecule has 0 radical (unpaired) electrons. The molecule has 0 bridgehead atoms. The predicted octanol–water partition coefficient (Wildman–Crippen LogP) is 5.38. The Morgan fingerprint density at radius 3 is 2.47 bits per heavy atom. The highest BCUT2D eigenvalue weighted by Crippen LogP contribution is 2.35. The van der Waals surface area contributed by atoms with E-state index in [9.17, 15) is 23.6 Å². The lowest BCUT2D eigenvalue weighted by molar-refractivity contribution is 0.0216. The molecule has 2 aromatic carbocycles. The second kappa shape index (κ2) is 9.50. The molecule has 1 amide bonds. The van der Waals surface area contributed by atoms with Crippen molar-refractivity contribution in [2.45, 2.75) is 45.3 Å². The monoisotopic (exact) mass is 560 g/mol. The highest BCUT2D eigenvalue weighted by molar-refractivity contribution is 9.10. The van der Waals surface area contributed by atoms with Gasteiger partial charge in [-0.15, -0.1) is 0 Å². The van der Waals surface area contributed by atoms with E-state index in [1.54, 1.807) is 20.8 Å². The Balaban J connectivity index is 2.01. The molecule has 1 aliphatic rings. The number of ether oxygens (including phenoxy) is 2. The number of nitriles is 1. The molecule has 188 valence electrons. The first kappa shape index (κ1) is 25.6. The van der Waals surface area contributed by atoms with E-state index in [0.717, 1.165) is 23.8 Å². The fourth-order valence-electron chi connectivity index (χ4n) is 4.25. The van der Waals surface area contributed by atoms with Gasteiger partial charge in [0.2, 0.25) is 0 Å². The minimum Gasteiger partial charge on any atom is -0.491 e. The highest BCUT2D eigenvalue weighted by Gasteiger charge is 2.37. The second-order valence-corrected chi connectivity index (χ2v) is 10.2. The van der Waals surface area contributed by atoms with E-state index in [0.29, 0.717) is 23.9 Å². The Hall–Kier alpha value is -3.52. The minimum atomic E-state index is -1.01. The zero-order valence-electron chi connectivity index (χ0n) is 20.1. The lowest BCUT2D eigenvalue weighted by Crippen LogP contribution is -2.38. The normalized spacial score (nSPS) is 15.7. The van der Waals surface area contributed by atoms with Crippen LogP contribution >= 0.6 is 15.9 Å². The maximum Gasteiger partial charge on any atom is 0.410 e. The van der Waals surface area contributed by atoms with Gasteiger partial charge in [-0.25, -0.2) is 18.6 Å². The van der Waals surface area contributed by atoms with Crippen LogP contribution in [0, 0.1) is 23.0 Å². The summed E-state index contributed by atoms with van der Waals surface area (Å²) >= 11 is 3.37. The molecular formula is C25H23BrF2N4O4. The van der Waals surface area contributed by atoms with Crippen molar-refractivity contribution in [3.05, 3.63) is 62.1 Å². The van der Waals surface area contributed by atoms with Crippen LogP contribution in [0.2, 0.25) is 0 Å². The van der Waals surface area contributed by atoms with Crippen molar-refractivity contribution in [3.8, 4) is 17.5 Å². The van der Waals surface area contributed by atoms with Gasteiger partial charge in [0.05, 0.1) is 41.4 Å². The number of carbonyl (C=O) groups excluding carboxylic acids is 1. The summed E-state index contributed by atoms with van der Waals surface area (Å²) in [6.07, 6.45) is 0.473. The van der Waals surface area contributed by atoms with Crippen molar-refractivity contribution in [1.29, 1.82) is 5.26 Å². The summed E-state index contributed by atoms with van der Waals surface area (Å²) in [5.74, 6) is -2.49. The average Bonchev–Trinajstić information content (AvgIpc) is 3.28. The van der Waals surface area contributed by atoms with Crippen LogP contribution in [0.25, 0.3) is 16.6 Å². The molecular weight excluding hydrogens is 538 g/mol. The molecule has 0 aliphatic carbocycles. The lowest BCUT2D eigenvalue weighted by atomic mass is 10.1. The molecule has 1 aromatic heterocycles. The summed E-state index contributed by atoms with van der Waals surface area (Å²) in [4.78, 5) is 32.9. The van der Waals surface area contributed by atoms with E-state index >= 15 is 0 Å². The summed E-state index contributed by atoms with van der Waals surface area (Å²) in [5, 5.41) is 9.45. The summed E-state index contributed by atoms with van der Waals surface area (Å²) in [5.41, 5.74) is -1.06. The van der Waals surface area contributed by atoms with Crippen molar-refractivity contribution >= 4 is 32.9 Å². The largest absolute Gasteiger partial charge is 0.491 e. The quantitative estimate of drug-likeness (QED) is 0.426. The third kappa shape index (κ3) is 4.65. The molecule has 0 spiro atoms. The van der Waals surface area contributed by atoms with Crippen molar-refractivity contribution in [2.75, 3.05) is 13.7 Å². The number of rotatable bonds is 3. The van der Waals surface area contributed by atoms with Crippen LogP contribution < -0.4 is 10.3 Å². The van der Waals surface area contributed by atoms with Gasteiger partial charge in [0.25, 0.3) is 5.56 Å². The molecule has 0 saturated carbocycles. The fourth-order valence-corrected chi connectivity index (χ4v) is 4.80. The molecule has 36 heavy (non-hydrogen) atoms. The number of hydrogen-bond acceptors (Lipinski definition) is 6. The molecule has 0 N–H and O–H groups in total. The first-order chi connectivity index (χ1) is 16.9. The number of nitrogens with zero attached hydrogens (tertiary/aromatic N) is 4. The van der Waals surface area contributed by atoms with Crippen LogP contribution in [0.1, 0.15) is 51.0 Å². The van der Waals surface area contributed by atoms with Crippen molar-refractivity contribution in [3.63, 3.8) is 0 Å². The van der Waals surface area contributed by atoms with Gasteiger partial charge in [-0.2, -0.15) is 5.26 Å². The number of amides is 1. The van der Waals surface area contributed by atoms with E-state index < -0.39 is 40.7 Å². The maximum absolute atomic E-state index is 14.7. The minimum absolute atomic E-state index is 0.0723. The molecule has 1 saturated heterocycles. The number of benzene rings is 2. The summed E-state index contributed by atoms with van der Waals surface area (Å²) in [6, 6.07) is 6.11. The van der Waals surface area contributed by atoms with Gasteiger partial charge in [0, 0.05) is 23.2 Å². The van der Waals surface area contributed by atoms with E-state index in [2.05, 4.69) is 20.9 Å². The Morgan fingerprint density at radius 1 is 1.22 bits per heavy atom. The summed E-state index contributed by atoms with van der Waals surface area (Å²) in [7, 11) is 1.13. The number of hydrogen-bond donors (Lipinski definition) is 0. The van der Waals surface area contributed by atoms with Crippen LogP contribution in [0.4, 0.5) is 13.6 Å². The van der Waals surface area contributed by atoms with E-state index in [1.807, 2.05) is 6.07 Å². The molecule has 3 aromatic rings. The number of likely N-dealkylation sites (tertiary alicyclic amines) is 1. The Kier molecular flexibility index (Phi) is 6.75. The van der Waals surface area contributed by atoms with Crippen molar-refractivity contribution in [2.24, 2.45) is 0 Å². The highest BCUT2D eigenvalue weighted by atomic mass is 79.9. The van der Waals surface area contributed by atoms with Crippen LogP contribution in [0.5, 0.6) is 5.75 Å². The smallest absolute Gasteiger partial charge is 0.410 e. The average molecular weight is 561 g/mol. The van der Waals surface area contributed by atoms with Gasteiger partial charge < -0.3 is 9.47 Å². The number of halogens is 3. The number of fused-ring (bicyclic) bond motifs is 1. The van der Waals surface area contributed by atoms with Gasteiger partial charge in [-0.1, -0.05) is 0 Å². The summed E-state index contributed by atoms with van der Waals surface area (Å²) < 4.78 is 41.2. The maximum atomic E-state index is 14.7. The topological polar surface area (TPSA) is 97.4 Å². The summed E-state index contributed by atoms with van der Waals surface area (Å²) in [6.45, 7) is 5.58. The van der Waals surface area contributed by atoms with Crippen LogP contribution in [0.15, 0.2) is 33.5 Å². The fraction of sp³-hybridized carbons (Fsp3) is 0.360. The van der Waals surface area contributed by atoms with Crippen LogP contribution in [-0.4, -0.2) is 39.8 Å². The number of carbonyl (C=O) groups is 1. The molecule has 0 unspecified atom stereocenters. The lowest BCUT2D eigenvalue weighted by Gasteiger charge is -2.29. The van der Waals surface area contributed by atoms with Crippen LogP contribution in [-0.2, 0) is 4.74 Å². The molecule has 1 atom stereocenters. The first-order valence-corrected chi connectivity index (χ1v) is 11.9. The van der Waals surface area contributed by atoms with E-state index in [1.165, 1.54) is 17.0 Å². The SMILES string of the molecule is COc1c(F)cc(-n2c([C@H]3CCCN3C(=O)OC(C)(C)C)nc3c(Br)cc(C#N)cc3c2=O)cc1F. The Morgan fingerprint density at radius 2 is 1.89 bits per heavy atom. The molecule has 2 heterocycles. The number of aromatic nitrogens is 2. The first-order valence-electron chi connectivity index (χ1n) is 11.1. The Bertz CT molecular complexity index is 1450.